The Labute approximate surface area is 206 Å². The van der Waals surface area contributed by atoms with Crippen LogP contribution >= 0.6 is 23.4 Å². The molecule has 34 heavy (non-hydrogen) atoms. The maximum atomic E-state index is 12.6. The van der Waals surface area contributed by atoms with E-state index in [0.29, 0.717) is 33.9 Å². The van der Waals surface area contributed by atoms with Gasteiger partial charge >= 0.3 is 0 Å². The van der Waals surface area contributed by atoms with Crippen molar-refractivity contribution in [3.63, 3.8) is 0 Å². The topological polar surface area (TPSA) is 88.9 Å². The van der Waals surface area contributed by atoms with Gasteiger partial charge in [0.2, 0.25) is 11.8 Å². The fraction of sp³-hybridized carbons (Fsp3) is 0.120. The third kappa shape index (κ3) is 6.03. The molecule has 3 aromatic carbocycles. The second-order valence-electron chi connectivity index (χ2n) is 7.46. The van der Waals surface area contributed by atoms with Crippen LogP contribution in [-0.2, 0) is 16.1 Å². The summed E-state index contributed by atoms with van der Waals surface area (Å²) < 4.78 is 1.96. The predicted molar refractivity (Wildman–Crippen MR) is 136 cm³/mol. The number of nitrogens with zero attached hydrogens (tertiary/aromatic N) is 3. The molecule has 0 aliphatic heterocycles. The standard InChI is InChI=1S/C25H22ClN5O2S/c1-17(32)27-19-10-7-11-20(14-19)28-23(33)16-34-25-30-29-24(21-12-5-6-13-22(21)26)31(25)15-18-8-3-2-4-9-18/h2-14H,15-16H2,1H3,(H,27,32)(H,28,33). The van der Waals surface area contributed by atoms with Crippen LogP contribution in [0.15, 0.2) is 84.0 Å². The summed E-state index contributed by atoms with van der Waals surface area (Å²) in [5.41, 5.74) is 3.07. The van der Waals surface area contributed by atoms with Crippen molar-refractivity contribution in [2.24, 2.45) is 0 Å². The first kappa shape index (κ1) is 23.5. The number of carbonyl (C=O) groups is 2. The second kappa shape index (κ2) is 11.0. The summed E-state index contributed by atoms with van der Waals surface area (Å²) in [4.78, 5) is 23.9. The number of hydrogen-bond acceptors (Lipinski definition) is 5. The quantitative estimate of drug-likeness (QED) is 0.325. The molecule has 0 atom stereocenters. The van der Waals surface area contributed by atoms with E-state index in [9.17, 15) is 9.59 Å². The molecular weight excluding hydrogens is 470 g/mol. The monoisotopic (exact) mass is 491 g/mol. The van der Waals surface area contributed by atoms with Gasteiger partial charge in [0.05, 0.1) is 17.3 Å². The molecule has 0 bridgehead atoms. The Kier molecular flexibility index (Phi) is 7.61. The number of anilines is 2. The molecule has 9 heteroatoms. The van der Waals surface area contributed by atoms with Crippen molar-refractivity contribution in [1.29, 1.82) is 0 Å². The zero-order valence-electron chi connectivity index (χ0n) is 18.4. The van der Waals surface area contributed by atoms with Gasteiger partial charge in [-0.3, -0.25) is 14.2 Å². The summed E-state index contributed by atoms with van der Waals surface area (Å²) in [7, 11) is 0. The van der Waals surface area contributed by atoms with Gasteiger partial charge in [0.15, 0.2) is 11.0 Å². The molecule has 0 saturated heterocycles. The summed E-state index contributed by atoms with van der Waals surface area (Å²) in [6, 6.07) is 24.4. The van der Waals surface area contributed by atoms with E-state index in [1.807, 2.05) is 59.2 Å². The fourth-order valence-corrected chi connectivity index (χ4v) is 4.31. The van der Waals surface area contributed by atoms with Crippen LogP contribution < -0.4 is 10.6 Å². The van der Waals surface area contributed by atoms with Crippen molar-refractivity contribution in [1.82, 2.24) is 14.8 Å². The average molecular weight is 492 g/mol. The molecule has 4 rings (SSSR count). The van der Waals surface area contributed by atoms with Crippen molar-refractivity contribution < 1.29 is 9.59 Å². The number of rotatable bonds is 8. The number of thioether (sulfide) groups is 1. The number of amides is 2. The van der Waals surface area contributed by atoms with Crippen LogP contribution in [0, 0.1) is 0 Å². The smallest absolute Gasteiger partial charge is 0.234 e. The molecule has 0 radical (unpaired) electrons. The minimum Gasteiger partial charge on any atom is -0.326 e. The van der Waals surface area contributed by atoms with E-state index >= 15 is 0 Å². The molecular formula is C25H22ClN5O2S. The summed E-state index contributed by atoms with van der Waals surface area (Å²) in [6.45, 7) is 1.97. The second-order valence-corrected chi connectivity index (χ2v) is 8.81. The van der Waals surface area contributed by atoms with Crippen LogP contribution in [0.2, 0.25) is 5.02 Å². The van der Waals surface area contributed by atoms with Gasteiger partial charge in [0.25, 0.3) is 0 Å². The molecule has 0 spiro atoms. The highest BCUT2D eigenvalue weighted by atomic mass is 35.5. The summed E-state index contributed by atoms with van der Waals surface area (Å²) in [5, 5.41) is 15.5. The molecule has 0 saturated carbocycles. The molecule has 7 nitrogen and oxygen atoms in total. The highest BCUT2D eigenvalue weighted by Gasteiger charge is 2.18. The Balaban J connectivity index is 1.52. The molecule has 0 fully saturated rings. The van der Waals surface area contributed by atoms with Crippen LogP contribution in [0.5, 0.6) is 0 Å². The van der Waals surface area contributed by atoms with Gasteiger partial charge in [0.1, 0.15) is 0 Å². The van der Waals surface area contributed by atoms with E-state index in [1.165, 1.54) is 18.7 Å². The SMILES string of the molecule is CC(=O)Nc1cccc(NC(=O)CSc2nnc(-c3ccccc3Cl)n2Cc2ccccc2)c1. The number of nitrogens with one attached hydrogen (secondary N) is 2. The zero-order chi connectivity index (χ0) is 23.9. The lowest BCUT2D eigenvalue weighted by molar-refractivity contribution is -0.114. The Morgan fingerprint density at radius 1 is 0.912 bits per heavy atom. The predicted octanol–water partition coefficient (Wildman–Crippen LogP) is 5.34. The first-order valence-electron chi connectivity index (χ1n) is 10.5. The van der Waals surface area contributed by atoms with E-state index in [4.69, 9.17) is 11.6 Å². The maximum Gasteiger partial charge on any atom is 0.234 e. The molecule has 0 aliphatic carbocycles. The van der Waals surface area contributed by atoms with Crippen LogP contribution in [-0.4, -0.2) is 32.3 Å². The lowest BCUT2D eigenvalue weighted by atomic mass is 10.2. The zero-order valence-corrected chi connectivity index (χ0v) is 19.9. The Bertz CT molecular complexity index is 1310. The number of hydrogen-bond donors (Lipinski definition) is 2. The minimum absolute atomic E-state index is 0.139. The molecule has 1 heterocycles. The van der Waals surface area contributed by atoms with E-state index in [0.717, 1.165) is 11.1 Å². The van der Waals surface area contributed by atoms with Gasteiger partial charge < -0.3 is 10.6 Å². The molecule has 2 amide bonds. The van der Waals surface area contributed by atoms with E-state index < -0.39 is 0 Å². The summed E-state index contributed by atoms with van der Waals surface area (Å²) in [6.07, 6.45) is 0. The Morgan fingerprint density at radius 2 is 1.62 bits per heavy atom. The van der Waals surface area contributed by atoms with Crippen molar-refractivity contribution >= 4 is 46.6 Å². The van der Waals surface area contributed by atoms with Crippen LogP contribution in [0.3, 0.4) is 0 Å². The minimum atomic E-state index is -0.196. The molecule has 172 valence electrons. The van der Waals surface area contributed by atoms with Gasteiger partial charge in [-0.15, -0.1) is 10.2 Å². The van der Waals surface area contributed by atoms with Crippen LogP contribution in [0.4, 0.5) is 11.4 Å². The normalized spacial score (nSPS) is 10.6. The largest absolute Gasteiger partial charge is 0.326 e. The first-order chi connectivity index (χ1) is 16.5. The number of halogens is 1. The summed E-state index contributed by atoms with van der Waals surface area (Å²) >= 11 is 7.72. The molecule has 4 aromatic rings. The van der Waals surface area contributed by atoms with Gasteiger partial charge in [-0.1, -0.05) is 71.9 Å². The lowest BCUT2D eigenvalue weighted by Crippen LogP contribution is -2.15. The molecule has 2 N–H and O–H groups in total. The lowest BCUT2D eigenvalue weighted by Gasteiger charge is -2.12. The highest BCUT2D eigenvalue weighted by Crippen LogP contribution is 2.30. The van der Waals surface area contributed by atoms with Crippen molar-refractivity contribution in [3.05, 3.63) is 89.4 Å². The third-order valence-electron chi connectivity index (χ3n) is 4.81. The van der Waals surface area contributed by atoms with Crippen LogP contribution in [0.25, 0.3) is 11.4 Å². The first-order valence-corrected chi connectivity index (χ1v) is 11.9. The highest BCUT2D eigenvalue weighted by molar-refractivity contribution is 7.99. The molecule has 0 aliphatic rings. The van der Waals surface area contributed by atoms with E-state index in [2.05, 4.69) is 20.8 Å². The molecule has 1 aromatic heterocycles. The van der Waals surface area contributed by atoms with E-state index in [1.54, 1.807) is 24.3 Å². The van der Waals surface area contributed by atoms with Gasteiger partial charge in [-0.2, -0.15) is 0 Å². The van der Waals surface area contributed by atoms with Gasteiger partial charge in [-0.05, 0) is 35.9 Å². The van der Waals surface area contributed by atoms with Gasteiger partial charge in [-0.25, -0.2) is 0 Å². The van der Waals surface area contributed by atoms with Gasteiger partial charge in [0, 0.05) is 23.9 Å². The third-order valence-corrected chi connectivity index (χ3v) is 6.11. The average Bonchev–Trinajstić information content (AvgIpc) is 3.20. The van der Waals surface area contributed by atoms with Crippen molar-refractivity contribution in [2.45, 2.75) is 18.6 Å². The number of aromatic nitrogens is 3. The fourth-order valence-electron chi connectivity index (χ4n) is 3.35. The maximum absolute atomic E-state index is 12.6. The number of carbonyl (C=O) groups excluding carboxylic acids is 2. The van der Waals surface area contributed by atoms with Crippen molar-refractivity contribution in [2.75, 3.05) is 16.4 Å². The summed E-state index contributed by atoms with van der Waals surface area (Å²) in [5.74, 6) is 0.407. The van der Waals surface area contributed by atoms with E-state index in [-0.39, 0.29) is 17.6 Å². The number of benzene rings is 3. The Hall–Kier alpha value is -3.62. The van der Waals surface area contributed by atoms with Crippen LogP contribution in [0.1, 0.15) is 12.5 Å². The Morgan fingerprint density at radius 3 is 2.35 bits per heavy atom. The van der Waals surface area contributed by atoms with Crippen molar-refractivity contribution in [3.8, 4) is 11.4 Å². The molecule has 0 unspecified atom stereocenters.